The molecule has 0 saturated carbocycles. The first-order valence-corrected chi connectivity index (χ1v) is 10.5. The zero-order chi connectivity index (χ0) is 22.8. The van der Waals surface area contributed by atoms with Gasteiger partial charge in [0, 0.05) is 29.4 Å². The minimum atomic E-state index is -0.432. The number of carbonyl (C=O) groups is 4. The molecule has 0 spiro atoms. The van der Waals surface area contributed by atoms with E-state index in [1.807, 2.05) is 19.2 Å². The summed E-state index contributed by atoms with van der Waals surface area (Å²) in [6.45, 7) is 5.50. The summed E-state index contributed by atoms with van der Waals surface area (Å²) in [6.07, 6.45) is 0.0827. The van der Waals surface area contributed by atoms with E-state index in [-0.39, 0.29) is 37.2 Å². The van der Waals surface area contributed by atoms with Crippen molar-refractivity contribution in [3.8, 4) is 0 Å². The van der Waals surface area contributed by atoms with Crippen molar-refractivity contribution < 1.29 is 19.2 Å². The Kier molecular flexibility index (Phi) is 9.10. The van der Waals surface area contributed by atoms with Crippen LogP contribution in [0.1, 0.15) is 24.5 Å². The Balaban J connectivity index is 1.74. The van der Waals surface area contributed by atoms with Gasteiger partial charge in [0.15, 0.2) is 0 Å². The molecule has 10 nitrogen and oxygen atoms in total. The molecule has 2 rings (SSSR count). The van der Waals surface area contributed by atoms with Gasteiger partial charge in [-0.05, 0) is 37.7 Å². The molecule has 0 bridgehead atoms. The number of amides is 4. The van der Waals surface area contributed by atoms with Gasteiger partial charge in [-0.15, -0.1) is 11.3 Å². The van der Waals surface area contributed by atoms with Gasteiger partial charge in [-0.3, -0.25) is 34.9 Å². The van der Waals surface area contributed by atoms with Crippen LogP contribution in [-0.4, -0.2) is 53.1 Å². The van der Waals surface area contributed by atoms with Crippen molar-refractivity contribution in [2.45, 2.75) is 27.2 Å². The summed E-state index contributed by atoms with van der Waals surface area (Å²) in [6, 6.07) is 6.70. The van der Waals surface area contributed by atoms with Crippen molar-refractivity contribution in [3.05, 3.63) is 40.3 Å². The second-order valence-electron chi connectivity index (χ2n) is 6.77. The summed E-state index contributed by atoms with van der Waals surface area (Å²) < 4.78 is 0. The number of likely N-dealkylation sites (N-methyl/N-ethyl adjacent to an activating group) is 1. The SMILES string of the molecule is CCN(CC(=O)NNC(=O)Cc1nc(C)cs1)CC(=O)Nc1ccc(NC(C)=O)cc1. The first-order chi connectivity index (χ1) is 14.7. The van der Waals surface area contributed by atoms with Crippen LogP contribution >= 0.6 is 11.3 Å². The van der Waals surface area contributed by atoms with Crippen LogP contribution < -0.4 is 21.5 Å². The van der Waals surface area contributed by atoms with Crippen LogP contribution in [0.15, 0.2) is 29.6 Å². The zero-order valence-corrected chi connectivity index (χ0v) is 18.5. The number of hydrazine groups is 1. The summed E-state index contributed by atoms with van der Waals surface area (Å²) in [7, 11) is 0. The van der Waals surface area contributed by atoms with Gasteiger partial charge in [0.25, 0.3) is 5.91 Å². The fourth-order valence-electron chi connectivity index (χ4n) is 2.57. The van der Waals surface area contributed by atoms with Crippen LogP contribution in [0.3, 0.4) is 0 Å². The Morgan fingerprint density at radius 2 is 1.52 bits per heavy atom. The molecule has 1 aromatic carbocycles. The van der Waals surface area contributed by atoms with E-state index in [0.717, 1.165) is 5.69 Å². The highest BCUT2D eigenvalue weighted by molar-refractivity contribution is 7.09. The van der Waals surface area contributed by atoms with E-state index < -0.39 is 5.91 Å². The Labute approximate surface area is 184 Å². The second-order valence-corrected chi connectivity index (χ2v) is 7.71. The lowest BCUT2D eigenvalue weighted by Crippen LogP contribution is -2.48. The Hall–Kier alpha value is -3.31. The van der Waals surface area contributed by atoms with Crippen LogP contribution in [0.2, 0.25) is 0 Å². The lowest BCUT2D eigenvalue weighted by atomic mass is 10.2. The smallest absolute Gasteiger partial charge is 0.252 e. The number of hydrogen-bond donors (Lipinski definition) is 4. The Morgan fingerprint density at radius 1 is 0.935 bits per heavy atom. The molecule has 2 aromatic rings. The van der Waals surface area contributed by atoms with Gasteiger partial charge >= 0.3 is 0 Å². The molecule has 166 valence electrons. The van der Waals surface area contributed by atoms with Gasteiger partial charge in [-0.25, -0.2) is 4.98 Å². The quantitative estimate of drug-likeness (QED) is 0.426. The molecule has 1 aromatic heterocycles. The number of thiazole rings is 1. The van der Waals surface area contributed by atoms with E-state index in [4.69, 9.17) is 0 Å². The Bertz CT molecular complexity index is 928. The standard InChI is InChI=1S/C20H26N6O4S/c1-4-26(10-18(29)23-16-7-5-15(6-8-16)22-14(3)27)11-19(30)25-24-17(28)9-20-21-13(2)12-31-20/h5-8,12H,4,9-11H2,1-3H3,(H,22,27)(H,23,29)(H,24,28)(H,25,30). The van der Waals surface area contributed by atoms with Gasteiger partial charge < -0.3 is 10.6 Å². The minimum absolute atomic E-state index is 0.00368. The van der Waals surface area contributed by atoms with Crippen LogP contribution in [0, 0.1) is 6.92 Å². The second kappa shape index (κ2) is 11.8. The summed E-state index contributed by atoms with van der Waals surface area (Å²) >= 11 is 1.38. The highest BCUT2D eigenvalue weighted by Crippen LogP contribution is 2.13. The maximum Gasteiger partial charge on any atom is 0.252 e. The summed E-state index contributed by atoms with van der Waals surface area (Å²) in [5.74, 6) is -1.27. The third kappa shape index (κ3) is 8.93. The number of rotatable bonds is 9. The highest BCUT2D eigenvalue weighted by Gasteiger charge is 2.14. The van der Waals surface area contributed by atoms with Crippen molar-refractivity contribution in [2.24, 2.45) is 0 Å². The fraction of sp³-hybridized carbons (Fsp3) is 0.350. The molecule has 0 saturated heterocycles. The normalized spacial score (nSPS) is 10.5. The van der Waals surface area contributed by atoms with E-state index in [1.165, 1.54) is 18.3 Å². The third-order valence-corrected chi connectivity index (χ3v) is 4.96. The molecule has 0 aliphatic heterocycles. The first-order valence-electron chi connectivity index (χ1n) is 9.63. The zero-order valence-electron chi connectivity index (χ0n) is 17.7. The number of aryl methyl sites for hydroxylation is 1. The number of carbonyl (C=O) groups excluding carboxylic acids is 4. The van der Waals surface area contributed by atoms with E-state index >= 15 is 0 Å². The molecule has 0 atom stereocenters. The van der Waals surface area contributed by atoms with Crippen LogP contribution in [-0.2, 0) is 25.6 Å². The molecule has 1 heterocycles. The maximum absolute atomic E-state index is 12.3. The summed E-state index contributed by atoms with van der Waals surface area (Å²) in [5.41, 5.74) is 6.75. The van der Waals surface area contributed by atoms with Crippen molar-refractivity contribution in [1.29, 1.82) is 0 Å². The number of aromatic nitrogens is 1. The molecule has 4 amide bonds. The first kappa shape index (κ1) is 24.0. The molecule has 0 fully saturated rings. The molecule has 0 radical (unpaired) electrons. The Morgan fingerprint density at radius 3 is 2.06 bits per heavy atom. The molecule has 0 aliphatic carbocycles. The molecule has 0 aliphatic rings. The van der Waals surface area contributed by atoms with Gasteiger partial charge in [-0.2, -0.15) is 0 Å². The van der Waals surface area contributed by atoms with Crippen molar-refractivity contribution >= 4 is 46.3 Å². The van der Waals surface area contributed by atoms with Crippen molar-refractivity contribution in [2.75, 3.05) is 30.3 Å². The summed E-state index contributed by atoms with van der Waals surface area (Å²) in [5, 5.41) is 7.90. The largest absolute Gasteiger partial charge is 0.326 e. The van der Waals surface area contributed by atoms with Crippen LogP contribution in [0.5, 0.6) is 0 Å². The van der Waals surface area contributed by atoms with E-state index in [9.17, 15) is 19.2 Å². The lowest BCUT2D eigenvalue weighted by molar-refractivity contribution is -0.129. The molecular formula is C20H26N6O4S. The van der Waals surface area contributed by atoms with E-state index in [2.05, 4.69) is 26.5 Å². The van der Waals surface area contributed by atoms with Gasteiger partial charge in [-0.1, -0.05) is 6.92 Å². The predicted octanol–water partition coefficient (Wildman–Crippen LogP) is 1.06. The van der Waals surface area contributed by atoms with Crippen molar-refractivity contribution in [3.63, 3.8) is 0 Å². The molecule has 31 heavy (non-hydrogen) atoms. The average Bonchev–Trinajstić information content (AvgIpc) is 3.11. The predicted molar refractivity (Wildman–Crippen MR) is 118 cm³/mol. The molecular weight excluding hydrogens is 420 g/mol. The number of anilines is 2. The van der Waals surface area contributed by atoms with E-state index in [1.54, 1.807) is 29.2 Å². The molecule has 0 unspecified atom stereocenters. The minimum Gasteiger partial charge on any atom is -0.326 e. The number of nitrogens with one attached hydrogen (secondary N) is 4. The summed E-state index contributed by atoms with van der Waals surface area (Å²) in [4.78, 5) is 53.1. The van der Waals surface area contributed by atoms with Crippen molar-refractivity contribution in [1.82, 2.24) is 20.7 Å². The van der Waals surface area contributed by atoms with Gasteiger partial charge in [0.2, 0.25) is 17.7 Å². The lowest BCUT2D eigenvalue weighted by Gasteiger charge is -2.19. The number of nitrogens with zero attached hydrogens (tertiary/aromatic N) is 2. The number of hydrogen-bond acceptors (Lipinski definition) is 7. The number of benzene rings is 1. The van der Waals surface area contributed by atoms with Gasteiger partial charge in [0.1, 0.15) is 5.01 Å². The monoisotopic (exact) mass is 446 g/mol. The molecule has 4 N–H and O–H groups in total. The third-order valence-electron chi connectivity index (χ3n) is 3.99. The van der Waals surface area contributed by atoms with Crippen LogP contribution in [0.25, 0.3) is 0 Å². The van der Waals surface area contributed by atoms with E-state index in [0.29, 0.717) is 22.9 Å². The maximum atomic E-state index is 12.3. The molecule has 11 heteroatoms. The van der Waals surface area contributed by atoms with Crippen LogP contribution in [0.4, 0.5) is 11.4 Å². The fourth-order valence-corrected chi connectivity index (χ4v) is 3.34. The average molecular weight is 447 g/mol. The van der Waals surface area contributed by atoms with Gasteiger partial charge in [0.05, 0.1) is 19.5 Å². The highest BCUT2D eigenvalue weighted by atomic mass is 32.1. The topological polar surface area (TPSA) is 133 Å².